The van der Waals surface area contributed by atoms with Crippen molar-refractivity contribution >= 4 is 28.2 Å². The minimum Gasteiger partial charge on any atom is -0.374 e. The van der Waals surface area contributed by atoms with Gasteiger partial charge in [0.2, 0.25) is 5.13 Å². The van der Waals surface area contributed by atoms with Crippen molar-refractivity contribution in [3.05, 3.63) is 24.3 Å². The average molecular weight is 265 g/mol. The zero-order chi connectivity index (χ0) is 12.3. The van der Waals surface area contributed by atoms with Gasteiger partial charge in [-0.3, -0.25) is 0 Å². The molecular formula is C12H15N3S2. The Morgan fingerprint density at radius 2 is 2.06 bits per heavy atom. The van der Waals surface area contributed by atoms with Crippen LogP contribution in [0.5, 0.6) is 0 Å². The Bertz CT molecular complexity index is 494. The molecule has 0 bridgehead atoms. The molecule has 0 radical (unpaired) electrons. The van der Waals surface area contributed by atoms with Crippen molar-refractivity contribution in [1.29, 1.82) is 0 Å². The lowest BCUT2D eigenvalue weighted by Gasteiger charge is -2.07. The predicted molar refractivity (Wildman–Crippen MR) is 75.3 cm³/mol. The van der Waals surface area contributed by atoms with Gasteiger partial charge in [0.25, 0.3) is 0 Å². The van der Waals surface area contributed by atoms with Gasteiger partial charge in [-0.25, -0.2) is 0 Å². The van der Waals surface area contributed by atoms with Gasteiger partial charge in [-0.15, -0.1) is 22.0 Å². The third-order valence-electron chi connectivity index (χ3n) is 2.13. The van der Waals surface area contributed by atoms with Gasteiger partial charge < -0.3 is 5.73 Å². The topological polar surface area (TPSA) is 51.8 Å². The van der Waals surface area contributed by atoms with Crippen molar-refractivity contribution in [2.45, 2.75) is 18.7 Å². The highest BCUT2D eigenvalue weighted by Crippen LogP contribution is 2.34. The first-order valence-electron chi connectivity index (χ1n) is 5.48. The van der Waals surface area contributed by atoms with E-state index in [0.29, 0.717) is 11.0 Å². The molecule has 1 heterocycles. The van der Waals surface area contributed by atoms with Crippen molar-refractivity contribution in [2.24, 2.45) is 5.92 Å². The van der Waals surface area contributed by atoms with Crippen molar-refractivity contribution in [3.63, 3.8) is 0 Å². The maximum Gasteiger partial charge on any atom is 0.203 e. The van der Waals surface area contributed by atoms with Crippen LogP contribution < -0.4 is 5.73 Å². The third-order valence-corrected chi connectivity index (χ3v) is 4.42. The van der Waals surface area contributed by atoms with Crippen molar-refractivity contribution < 1.29 is 0 Å². The van der Waals surface area contributed by atoms with Gasteiger partial charge in [-0.05, 0) is 12.0 Å². The molecule has 90 valence electrons. The normalized spacial score (nSPS) is 11.0. The van der Waals surface area contributed by atoms with E-state index >= 15 is 0 Å². The first kappa shape index (κ1) is 12.4. The Labute approximate surface area is 109 Å². The molecule has 0 atom stereocenters. The van der Waals surface area contributed by atoms with E-state index in [0.717, 1.165) is 16.3 Å². The van der Waals surface area contributed by atoms with Crippen LogP contribution in [-0.4, -0.2) is 16.0 Å². The average Bonchev–Trinajstić information content (AvgIpc) is 2.73. The molecule has 2 rings (SSSR count). The molecule has 0 unspecified atom stereocenters. The molecule has 0 spiro atoms. The maximum absolute atomic E-state index is 5.63. The van der Waals surface area contributed by atoms with Gasteiger partial charge in [-0.1, -0.05) is 43.4 Å². The van der Waals surface area contributed by atoms with Crippen LogP contribution in [0, 0.1) is 5.92 Å². The number of nitrogens with two attached hydrogens (primary N) is 1. The van der Waals surface area contributed by atoms with Crippen LogP contribution >= 0.6 is 23.1 Å². The van der Waals surface area contributed by atoms with Crippen LogP contribution in [0.3, 0.4) is 0 Å². The van der Waals surface area contributed by atoms with E-state index in [1.807, 2.05) is 17.8 Å². The Morgan fingerprint density at radius 3 is 2.71 bits per heavy atom. The number of rotatable bonds is 4. The zero-order valence-electron chi connectivity index (χ0n) is 9.88. The second kappa shape index (κ2) is 5.51. The quantitative estimate of drug-likeness (QED) is 0.859. The van der Waals surface area contributed by atoms with E-state index in [1.54, 1.807) is 0 Å². The molecule has 0 aliphatic carbocycles. The van der Waals surface area contributed by atoms with Crippen LogP contribution in [0.15, 0.2) is 29.2 Å². The predicted octanol–water partition coefficient (Wildman–Crippen LogP) is 3.54. The van der Waals surface area contributed by atoms with E-state index in [1.165, 1.54) is 16.2 Å². The number of anilines is 1. The summed E-state index contributed by atoms with van der Waals surface area (Å²) in [5.41, 5.74) is 6.76. The van der Waals surface area contributed by atoms with Crippen molar-refractivity contribution in [3.8, 4) is 10.6 Å². The molecular weight excluding hydrogens is 250 g/mol. The lowest BCUT2D eigenvalue weighted by Crippen LogP contribution is -1.91. The summed E-state index contributed by atoms with van der Waals surface area (Å²) in [6, 6.07) is 8.27. The molecule has 17 heavy (non-hydrogen) atoms. The highest BCUT2D eigenvalue weighted by Gasteiger charge is 2.10. The molecule has 1 aromatic carbocycles. The second-order valence-electron chi connectivity index (χ2n) is 4.15. The number of benzene rings is 1. The molecule has 0 aliphatic rings. The van der Waals surface area contributed by atoms with Crippen LogP contribution in [-0.2, 0) is 0 Å². The highest BCUT2D eigenvalue weighted by atomic mass is 32.2. The van der Waals surface area contributed by atoms with Crippen LogP contribution in [0.2, 0.25) is 0 Å². The number of nitrogens with zero attached hydrogens (tertiary/aromatic N) is 2. The molecule has 3 nitrogen and oxygen atoms in total. The van der Waals surface area contributed by atoms with E-state index < -0.39 is 0 Å². The molecule has 0 saturated heterocycles. The van der Waals surface area contributed by atoms with E-state index in [4.69, 9.17) is 5.73 Å². The molecule has 5 heteroatoms. The first-order valence-corrected chi connectivity index (χ1v) is 7.28. The fraction of sp³-hybridized carbons (Fsp3) is 0.333. The summed E-state index contributed by atoms with van der Waals surface area (Å²) in [6.45, 7) is 4.44. The van der Waals surface area contributed by atoms with Gasteiger partial charge in [0.15, 0.2) is 5.01 Å². The molecule has 0 fully saturated rings. The largest absolute Gasteiger partial charge is 0.374 e. The number of hydrogen-bond donors (Lipinski definition) is 1. The summed E-state index contributed by atoms with van der Waals surface area (Å²) in [5.74, 6) is 1.78. The summed E-state index contributed by atoms with van der Waals surface area (Å²) in [4.78, 5) is 1.25. The fourth-order valence-corrected chi connectivity index (χ4v) is 3.09. The fourth-order valence-electron chi connectivity index (χ4n) is 1.37. The van der Waals surface area contributed by atoms with Gasteiger partial charge in [0.05, 0.1) is 0 Å². The van der Waals surface area contributed by atoms with Gasteiger partial charge >= 0.3 is 0 Å². The second-order valence-corrected chi connectivity index (χ2v) is 6.22. The molecule has 1 aromatic heterocycles. The number of aromatic nitrogens is 2. The van der Waals surface area contributed by atoms with Crippen LogP contribution in [0.4, 0.5) is 5.13 Å². The highest BCUT2D eigenvalue weighted by molar-refractivity contribution is 7.99. The Balaban J connectivity index is 2.27. The minimum absolute atomic E-state index is 0.517. The van der Waals surface area contributed by atoms with Gasteiger partial charge in [-0.2, -0.15) is 0 Å². The van der Waals surface area contributed by atoms with E-state index in [-0.39, 0.29) is 0 Å². The number of thioether (sulfide) groups is 1. The third kappa shape index (κ3) is 3.20. The van der Waals surface area contributed by atoms with Crippen molar-refractivity contribution in [1.82, 2.24) is 10.2 Å². The molecule has 0 aliphatic heterocycles. The van der Waals surface area contributed by atoms with E-state index in [9.17, 15) is 0 Å². The van der Waals surface area contributed by atoms with Crippen molar-refractivity contribution in [2.75, 3.05) is 11.5 Å². The SMILES string of the molecule is CC(C)CSc1ccccc1-c1nnc(N)s1. The lowest BCUT2D eigenvalue weighted by atomic mass is 10.2. The molecule has 2 aromatic rings. The summed E-state index contributed by atoms with van der Waals surface area (Å²) in [5, 5.41) is 9.39. The first-order chi connectivity index (χ1) is 8.16. The number of nitrogen functional groups attached to an aromatic ring is 1. The zero-order valence-corrected chi connectivity index (χ0v) is 11.5. The Kier molecular flexibility index (Phi) is 4.02. The molecule has 2 N–H and O–H groups in total. The Hall–Kier alpha value is -1.07. The number of hydrogen-bond acceptors (Lipinski definition) is 5. The van der Waals surface area contributed by atoms with Gasteiger partial charge in [0.1, 0.15) is 0 Å². The van der Waals surface area contributed by atoms with Gasteiger partial charge in [0, 0.05) is 16.2 Å². The Morgan fingerprint density at radius 1 is 1.29 bits per heavy atom. The standard InChI is InChI=1S/C12H15N3S2/c1-8(2)7-16-10-6-4-3-5-9(10)11-14-15-12(13)17-11/h3-6,8H,7H2,1-2H3,(H2,13,15). The molecule has 0 amide bonds. The summed E-state index contributed by atoms with van der Waals surface area (Å²) in [6.07, 6.45) is 0. The minimum atomic E-state index is 0.517. The summed E-state index contributed by atoms with van der Waals surface area (Å²) < 4.78 is 0. The van der Waals surface area contributed by atoms with Crippen LogP contribution in [0.25, 0.3) is 10.6 Å². The van der Waals surface area contributed by atoms with Crippen LogP contribution in [0.1, 0.15) is 13.8 Å². The summed E-state index contributed by atoms with van der Waals surface area (Å²) in [7, 11) is 0. The smallest absolute Gasteiger partial charge is 0.203 e. The lowest BCUT2D eigenvalue weighted by molar-refractivity contribution is 0.750. The summed E-state index contributed by atoms with van der Waals surface area (Å²) >= 11 is 3.29. The monoisotopic (exact) mass is 265 g/mol. The maximum atomic E-state index is 5.63. The van der Waals surface area contributed by atoms with E-state index in [2.05, 4.69) is 42.2 Å². The molecule has 0 saturated carbocycles.